The molecule has 1 aromatic carbocycles. The van der Waals surface area contributed by atoms with Crippen LogP contribution in [-0.4, -0.2) is 30.9 Å². The van der Waals surface area contributed by atoms with Crippen LogP contribution in [0.15, 0.2) is 53.9 Å². The molecule has 6 nitrogen and oxygen atoms in total. The molecular formula is C15H15N3O3S. The SMILES string of the molecule is [N-]=[N+]=C1C=C(OCCC=S(=O)=O)C(Nc2ccccc2)=CC1. The first kappa shape index (κ1) is 15.8. The zero-order valence-electron chi connectivity index (χ0n) is 11.8. The minimum Gasteiger partial charge on any atom is -0.491 e. The fraction of sp³-hybridized carbons (Fsp3) is 0.200. The first-order chi connectivity index (χ1) is 10.7. The molecule has 22 heavy (non-hydrogen) atoms. The number of nitrogens with one attached hydrogen (secondary N) is 1. The number of hydrogen-bond donors (Lipinski definition) is 1. The van der Waals surface area contributed by atoms with Crippen LogP contribution < -0.4 is 5.32 Å². The van der Waals surface area contributed by atoms with E-state index in [1.54, 1.807) is 6.08 Å². The van der Waals surface area contributed by atoms with Crippen LogP contribution in [-0.2, 0) is 15.0 Å². The first-order valence-electron chi connectivity index (χ1n) is 6.68. The molecule has 0 radical (unpaired) electrons. The average Bonchev–Trinajstić information content (AvgIpc) is 2.53. The fourth-order valence-corrected chi connectivity index (χ4v) is 2.18. The third-order valence-electron chi connectivity index (χ3n) is 2.89. The molecule has 1 N–H and O–H groups in total. The van der Waals surface area contributed by atoms with Gasteiger partial charge in [0.2, 0.25) is 10.3 Å². The summed E-state index contributed by atoms with van der Waals surface area (Å²) in [4.78, 5) is 3.18. The summed E-state index contributed by atoms with van der Waals surface area (Å²) in [7, 11) is -2.19. The molecule has 0 aromatic heterocycles. The highest BCUT2D eigenvalue weighted by molar-refractivity contribution is 7.71. The van der Waals surface area contributed by atoms with Crippen LogP contribution in [0.3, 0.4) is 0 Å². The Morgan fingerprint density at radius 2 is 2.09 bits per heavy atom. The molecule has 0 amide bonds. The highest BCUT2D eigenvalue weighted by Gasteiger charge is 2.18. The van der Waals surface area contributed by atoms with Gasteiger partial charge in [-0.1, -0.05) is 18.2 Å². The smallest absolute Gasteiger partial charge is 0.299 e. The first-order valence-corrected chi connectivity index (χ1v) is 7.82. The van der Waals surface area contributed by atoms with Gasteiger partial charge in [-0.3, -0.25) is 0 Å². The van der Waals surface area contributed by atoms with Crippen molar-refractivity contribution in [3.05, 3.63) is 59.5 Å². The minimum atomic E-state index is -2.19. The van der Waals surface area contributed by atoms with Gasteiger partial charge in [0.15, 0.2) is 0 Å². The number of hydrogen-bond acceptors (Lipinski definition) is 4. The van der Waals surface area contributed by atoms with Crippen molar-refractivity contribution in [2.24, 2.45) is 0 Å². The third kappa shape index (κ3) is 4.73. The number of anilines is 1. The number of rotatable bonds is 6. The van der Waals surface area contributed by atoms with E-state index in [1.807, 2.05) is 36.4 Å². The van der Waals surface area contributed by atoms with Gasteiger partial charge in [-0.2, -0.15) is 13.2 Å². The Morgan fingerprint density at radius 1 is 1.32 bits per heavy atom. The third-order valence-corrected chi connectivity index (χ3v) is 3.40. The van der Waals surface area contributed by atoms with E-state index >= 15 is 0 Å². The Balaban J connectivity index is 2.09. The molecule has 1 aliphatic carbocycles. The number of allylic oxidation sites excluding steroid dienone is 2. The lowest BCUT2D eigenvalue weighted by atomic mass is 10.1. The Hall–Kier alpha value is -2.63. The largest absolute Gasteiger partial charge is 0.491 e. The van der Waals surface area contributed by atoms with Crippen LogP contribution in [0.4, 0.5) is 5.69 Å². The number of nitrogens with zero attached hydrogens (tertiary/aromatic N) is 2. The zero-order valence-corrected chi connectivity index (χ0v) is 12.6. The standard InChI is InChI=1S/C15H15N3O3S/c16-18-13-7-8-14(17-12-5-2-1-3-6-12)15(11-13)21-9-4-10-22(19)20/h1-3,5-6,8,10-11,17H,4,7,9H2. The van der Waals surface area contributed by atoms with Crippen molar-refractivity contribution in [1.29, 1.82) is 0 Å². The van der Waals surface area contributed by atoms with Crippen molar-refractivity contribution in [1.82, 2.24) is 0 Å². The van der Waals surface area contributed by atoms with Gasteiger partial charge < -0.3 is 15.6 Å². The van der Waals surface area contributed by atoms with E-state index < -0.39 is 10.3 Å². The summed E-state index contributed by atoms with van der Waals surface area (Å²) < 4.78 is 26.5. The summed E-state index contributed by atoms with van der Waals surface area (Å²) in [6.07, 6.45) is 4.24. The van der Waals surface area contributed by atoms with Gasteiger partial charge in [0.05, 0.1) is 24.8 Å². The lowest BCUT2D eigenvalue weighted by molar-refractivity contribution is -0.00581. The predicted molar refractivity (Wildman–Crippen MR) is 85.0 cm³/mol. The Kier molecular flexibility index (Phi) is 5.71. The van der Waals surface area contributed by atoms with E-state index in [0.29, 0.717) is 17.9 Å². The quantitative estimate of drug-likeness (QED) is 0.376. The maximum absolute atomic E-state index is 10.5. The molecule has 0 saturated heterocycles. The molecule has 0 atom stereocenters. The summed E-state index contributed by atoms with van der Waals surface area (Å²) in [6.45, 7) is 0.215. The summed E-state index contributed by atoms with van der Waals surface area (Å²) >= 11 is 0. The monoisotopic (exact) mass is 317 g/mol. The van der Waals surface area contributed by atoms with Crippen LogP contribution in [0.1, 0.15) is 12.8 Å². The molecule has 0 heterocycles. The number of benzene rings is 1. The van der Waals surface area contributed by atoms with E-state index in [-0.39, 0.29) is 13.0 Å². The van der Waals surface area contributed by atoms with Crippen molar-refractivity contribution >= 4 is 27.1 Å². The van der Waals surface area contributed by atoms with Crippen LogP contribution in [0, 0.1) is 0 Å². The van der Waals surface area contributed by atoms with Crippen molar-refractivity contribution in [3.63, 3.8) is 0 Å². The van der Waals surface area contributed by atoms with Crippen molar-refractivity contribution in [3.8, 4) is 0 Å². The zero-order chi connectivity index (χ0) is 15.8. The predicted octanol–water partition coefficient (Wildman–Crippen LogP) is 2.03. The molecule has 1 aliphatic rings. The number of ether oxygens (including phenoxy) is 1. The van der Waals surface area contributed by atoms with Gasteiger partial charge in [0.25, 0.3) is 5.71 Å². The van der Waals surface area contributed by atoms with E-state index in [1.165, 1.54) is 0 Å². The summed E-state index contributed by atoms with van der Waals surface area (Å²) in [5.74, 6) is 0.507. The molecule has 2 rings (SSSR count). The second kappa shape index (κ2) is 7.97. The second-order valence-corrected chi connectivity index (χ2v) is 5.33. The van der Waals surface area contributed by atoms with Gasteiger partial charge in [-0.25, -0.2) is 0 Å². The van der Waals surface area contributed by atoms with Gasteiger partial charge in [0, 0.05) is 17.5 Å². The fourth-order valence-electron chi connectivity index (χ4n) is 1.89. The minimum absolute atomic E-state index is 0.215. The normalized spacial score (nSPS) is 13.5. The molecule has 0 fully saturated rings. The molecule has 0 saturated carbocycles. The molecule has 0 unspecified atom stereocenters. The second-order valence-electron chi connectivity index (χ2n) is 4.48. The Bertz CT molecular complexity index is 766. The Labute approximate surface area is 129 Å². The van der Waals surface area contributed by atoms with Crippen LogP contribution in [0.25, 0.3) is 5.53 Å². The number of para-hydroxylation sites is 1. The van der Waals surface area contributed by atoms with Crippen molar-refractivity contribution in [2.45, 2.75) is 12.8 Å². The summed E-state index contributed by atoms with van der Waals surface area (Å²) in [5, 5.41) is 4.36. The van der Waals surface area contributed by atoms with E-state index in [4.69, 9.17) is 10.3 Å². The van der Waals surface area contributed by atoms with E-state index in [9.17, 15) is 8.42 Å². The topological polar surface area (TPSA) is 91.8 Å². The maximum atomic E-state index is 10.5. The van der Waals surface area contributed by atoms with E-state index in [0.717, 1.165) is 16.8 Å². The van der Waals surface area contributed by atoms with Crippen LogP contribution in [0.5, 0.6) is 0 Å². The van der Waals surface area contributed by atoms with Crippen molar-refractivity contribution < 1.29 is 17.9 Å². The molecular weight excluding hydrogens is 302 g/mol. The van der Waals surface area contributed by atoms with Gasteiger partial charge >= 0.3 is 0 Å². The molecule has 1 aromatic rings. The lowest BCUT2D eigenvalue weighted by Crippen LogP contribution is -2.13. The van der Waals surface area contributed by atoms with Crippen molar-refractivity contribution in [2.75, 3.05) is 11.9 Å². The molecule has 7 heteroatoms. The lowest BCUT2D eigenvalue weighted by Gasteiger charge is -2.17. The molecule has 0 spiro atoms. The van der Waals surface area contributed by atoms with Crippen LogP contribution >= 0.6 is 0 Å². The Morgan fingerprint density at radius 3 is 2.77 bits per heavy atom. The van der Waals surface area contributed by atoms with Crippen LogP contribution in [0.2, 0.25) is 0 Å². The summed E-state index contributed by atoms with van der Waals surface area (Å²) in [6, 6.07) is 9.58. The average molecular weight is 317 g/mol. The maximum Gasteiger partial charge on any atom is 0.299 e. The van der Waals surface area contributed by atoms with Gasteiger partial charge in [0.1, 0.15) is 5.76 Å². The van der Waals surface area contributed by atoms with Gasteiger partial charge in [-0.15, -0.1) is 0 Å². The molecule has 0 aliphatic heterocycles. The summed E-state index contributed by atoms with van der Waals surface area (Å²) in [5.41, 5.74) is 11.0. The highest BCUT2D eigenvalue weighted by Crippen LogP contribution is 2.21. The molecule has 0 bridgehead atoms. The van der Waals surface area contributed by atoms with E-state index in [2.05, 4.69) is 10.1 Å². The highest BCUT2D eigenvalue weighted by atomic mass is 32.2. The van der Waals surface area contributed by atoms with Gasteiger partial charge in [-0.05, 0) is 18.2 Å². The molecule has 114 valence electrons.